The number of alkyl halides is 2. The van der Waals surface area contributed by atoms with Gasteiger partial charge in [0.1, 0.15) is 0 Å². The quantitative estimate of drug-likeness (QED) is 0.747. The molecule has 0 fully saturated rings. The second kappa shape index (κ2) is 3.45. The molecule has 7 heteroatoms. The van der Waals surface area contributed by atoms with E-state index >= 15 is 0 Å². The zero-order valence-corrected chi connectivity index (χ0v) is 7.79. The van der Waals surface area contributed by atoms with Crippen LogP contribution in [0, 0.1) is 0 Å². The summed E-state index contributed by atoms with van der Waals surface area (Å²) in [5.74, 6) is 0. The van der Waals surface area contributed by atoms with Crippen molar-refractivity contribution in [1.82, 2.24) is 14.3 Å². The molecule has 0 bridgehead atoms. The van der Waals surface area contributed by atoms with Gasteiger partial charge in [-0.05, 0) is 25.4 Å². The molecule has 0 amide bonds. The smallest absolute Gasteiger partial charge is 0.246 e. The molecule has 13 heavy (non-hydrogen) atoms. The van der Waals surface area contributed by atoms with Crippen LogP contribution in [-0.4, -0.2) is 14.3 Å². The van der Waals surface area contributed by atoms with Crippen molar-refractivity contribution in [3.05, 3.63) is 15.8 Å². The summed E-state index contributed by atoms with van der Waals surface area (Å²) in [5, 5.41) is 2.99. The zero-order valence-electron chi connectivity index (χ0n) is 7.04. The summed E-state index contributed by atoms with van der Waals surface area (Å²) in [7, 11) is 0. The molecule has 0 N–H and O–H groups in total. The number of aromatic nitrogens is 3. The van der Waals surface area contributed by atoms with Crippen molar-refractivity contribution in [3.8, 4) is 0 Å². The molecule has 0 spiro atoms. The zero-order chi connectivity index (χ0) is 10.2. The van der Waals surface area contributed by atoms with Crippen LogP contribution in [0.1, 0.15) is 26.4 Å². The van der Waals surface area contributed by atoms with Crippen molar-refractivity contribution in [2.45, 2.75) is 26.4 Å². The van der Waals surface area contributed by atoms with E-state index in [2.05, 4.69) is 5.10 Å². The van der Waals surface area contributed by atoms with Gasteiger partial charge in [-0.3, -0.25) is 0 Å². The SMILES string of the molecule is CC(C)n1nc(Cl)n(C(F)F)c1=O. The number of halogens is 3. The van der Waals surface area contributed by atoms with Gasteiger partial charge in [0.05, 0.1) is 6.04 Å². The molecule has 1 heterocycles. The number of hydrogen-bond acceptors (Lipinski definition) is 2. The summed E-state index contributed by atoms with van der Waals surface area (Å²) in [5.41, 5.74) is -0.894. The topological polar surface area (TPSA) is 39.8 Å². The fourth-order valence-corrected chi connectivity index (χ4v) is 1.10. The Kier molecular flexibility index (Phi) is 2.70. The molecule has 0 atom stereocenters. The first-order valence-corrected chi connectivity index (χ1v) is 3.97. The molecule has 1 rings (SSSR count). The first-order valence-electron chi connectivity index (χ1n) is 3.60. The van der Waals surface area contributed by atoms with Crippen LogP contribution in [0.25, 0.3) is 0 Å². The van der Waals surface area contributed by atoms with E-state index in [1.54, 1.807) is 13.8 Å². The van der Waals surface area contributed by atoms with Crippen LogP contribution in [0.3, 0.4) is 0 Å². The summed E-state index contributed by atoms with van der Waals surface area (Å²) >= 11 is 5.34. The lowest BCUT2D eigenvalue weighted by Gasteiger charge is -2.01. The van der Waals surface area contributed by atoms with Crippen LogP contribution < -0.4 is 5.69 Å². The van der Waals surface area contributed by atoms with E-state index < -0.39 is 17.5 Å². The summed E-state index contributed by atoms with van der Waals surface area (Å²) in [6.07, 6.45) is 0. The van der Waals surface area contributed by atoms with Gasteiger partial charge >= 0.3 is 12.2 Å². The Morgan fingerprint density at radius 2 is 2.00 bits per heavy atom. The van der Waals surface area contributed by atoms with E-state index in [1.165, 1.54) is 0 Å². The molecule has 4 nitrogen and oxygen atoms in total. The maximum absolute atomic E-state index is 12.2. The maximum atomic E-state index is 12.2. The first kappa shape index (κ1) is 10.2. The minimum Gasteiger partial charge on any atom is -0.246 e. The molecule has 74 valence electrons. The van der Waals surface area contributed by atoms with E-state index in [4.69, 9.17) is 11.6 Å². The molecule has 0 saturated heterocycles. The third-order valence-electron chi connectivity index (χ3n) is 1.48. The summed E-state index contributed by atoms with van der Waals surface area (Å²) in [6, 6.07) is -0.287. The van der Waals surface area contributed by atoms with Crippen molar-refractivity contribution >= 4 is 11.6 Å². The molecular formula is C6H8ClF2N3O. The van der Waals surface area contributed by atoms with Gasteiger partial charge in [-0.1, -0.05) is 0 Å². The van der Waals surface area contributed by atoms with Gasteiger partial charge in [0.15, 0.2) is 0 Å². The lowest BCUT2D eigenvalue weighted by Crippen LogP contribution is -2.26. The van der Waals surface area contributed by atoms with Gasteiger partial charge in [-0.15, -0.1) is 5.10 Å². The fraction of sp³-hybridized carbons (Fsp3) is 0.667. The highest BCUT2D eigenvalue weighted by molar-refractivity contribution is 6.28. The van der Waals surface area contributed by atoms with Crippen LogP contribution in [-0.2, 0) is 0 Å². The largest absolute Gasteiger partial charge is 0.351 e. The normalized spacial score (nSPS) is 11.6. The molecule has 1 aromatic rings. The van der Waals surface area contributed by atoms with Crippen molar-refractivity contribution in [3.63, 3.8) is 0 Å². The van der Waals surface area contributed by atoms with Crippen LogP contribution in [0.4, 0.5) is 8.78 Å². The average Bonchev–Trinajstić information content (AvgIpc) is 2.26. The maximum Gasteiger partial charge on any atom is 0.351 e. The molecule has 0 aliphatic carbocycles. The Hall–Kier alpha value is -0.910. The monoisotopic (exact) mass is 211 g/mol. The third kappa shape index (κ3) is 1.72. The number of nitrogens with zero attached hydrogens (tertiary/aromatic N) is 3. The van der Waals surface area contributed by atoms with E-state index in [-0.39, 0.29) is 10.6 Å². The highest BCUT2D eigenvalue weighted by Gasteiger charge is 2.19. The van der Waals surface area contributed by atoms with Gasteiger partial charge in [0.2, 0.25) is 5.28 Å². The second-order valence-electron chi connectivity index (χ2n) is 2.74. The van der Waals surface area contributed by atoms with Gasteiger partial charge in [-0.25, -0.2) is 14.0 Å². The number of rotatable bonds is 2. The van der Waals surface area contributed by atoms with Crippen molar-refractivity contribution in [1.29, 1.82) is 0 Å². The fourth-order valence-electron chi connectivity index (χ4n) is 0.870. The lowest BCUT2D eigenvalue weighted by atomic mass is 10.4. The molecule has 0 radical (unpaired) electrons. The van der Waals surface area contributed by atoms with Crippen molar-refractivity contribution in [2.75, 3.05) is 0 Å². The highest BCUT2D eigenvalue weighted by atomic mass is 35.5. The molecule has 0 unspecified atom stereocenters. The first-order chi connectivity index (χ1) is 5.95. The van der Waals surface area contributed by atoms with E-state index in [0.717, 1.165) is 4.68 Å². The Bertz CT molecular complexity index is 357. The van der Waals surface area contributed by atoms with Crippen molar-refractivity contribution < 1.29 is 8.78 Å². The minimum absolute atomic E-state index is 0.140. The molecule has 0 aromatic carbocycles. The molecule has 0 aliphatic rings. The lowest BCUT2D eigenvalue weighted by molar-refractivity contribution is 0.0659. The van der Waals surface area contributed by atoms with Gasteiger partial charge in [0, 0.05) is 0 Å². The van der Waals surface area contributed by atoms with E-state index in [1.807, 2.05) is 0 Å². The van der Waals surface area contributed by atoms with Crippen LogP contribution in [0.2, 0.25) is 5.28 Å². The number of hydrogen-bond donors (Lipinski definition) is 0. The van der Waals surface area contributed by atoms with E-state index in [9.17, 15) is 13.6 Å². The van der Waals surface area contributed by atoms with Gasteiger partial charge < -0.3 is 0 Å². The minimum atomic E-state index is -2.95. The third-order valence-corrected chi connectivity index (χ3v) is 1.73. The van der Waals surface area contributed by atoms with Gasteiger partial charge in [0.25, 0.3) is 0 Å². The summed E-state index contributed by atoms with van der Waals surface area (Å²) in [4.78, 5) is 11.2. The van der Waals surface area contributed by atoms with Gasteiger partial charge in [-0.2, -0.15) is 8.78 Å². The summed E-state index contributed by atoms with van der Waals surface area (Å²) in [6.45, 7) is 0.355. The average molecular weight is 212 g/mol. The Labute approximate surface area is 77.7 Å². The van der Waals surface area contributed by atoms with Crippen LogP contribution in [0.15, 0.2) is 4.79 Å². The molecule has 0 saturated carbocycles. The Morgan fingerprint density at radius 3 is 2.23 bits per heavy atom. The second-order valence-corrected chi connectivity index (χ2v) is 3.08. The predicted molar refractivity (Wildman–Crippen MR) is 43.1 cm³/mol. The predicted octanol–water partition coefficient (Wildman–Crippen LogP) is 1.67. The van der Waals surface area contributed by atoms with Crippen LogP contribution in [0.5, 0.6) is 0 Å². The molecule has 0 aliphatic heterocycles. The standard InChI is InChI=1S/C6H8ClF2N3O/c1-3(2)12-6(13)11(5(8)9)4(7)10-12/h3,5H,1-2H3. The molecular weight excluding hydrogens is 204 g/mol. The van der Waals surface area contributed by atoms with E-state index in [0.29, 0.717) is 0 Å². The highest BCUT2D eigenvalue weighted by Crippen LogP contribution is 2.14. The summed E-state index contributed by atoms with van der Waals surface area (Å²) < 4.78 is 25.4. The Balaban J connectivity index is 3.31. The van der Waals surface area contributed by atoms with Crippen LogP contribution >= 0.6 is 11.6 Å². The Morgan fingerprint density at radius 1 is 1.46 bits per heavy atom. The van der Waals surface area contributed by atoms with Crippen molar-refractivity contribution in [2.24, 2.45) is 0 Å². The molecule has 1 aromatic heterocycles.